The normalized spacial score (nSPS) is 18.5. The van der Waals surface area contributed by atoms with Gasteiger partial charge < -0.3 is 11.1 Å². The summed E-state index contributed by atoms with van der Waals surface area (Å²) < 4.78 is 0. The third-order valence-electron chi connectivity index (χ3n) is 5.04. The zero-order valence-corrected chi connectivity index (χ0v) is 14.7. The van der Waals surface area contributed by atoms with E-state index in [-0.39, 0.29) is 11.1 Å². The van der Waals surface area contributed by atoms with Crippen molar-refractivity contribution in [1.82, 2.24) is 10.2 Å². The molecule has 3 unspecified atom stereocenters. The average molecular weight is 271 g/mol. The van der Waals surface area contributed by atoms with Gasteiger partial charge in [0.15, 0.2) is 0 Å². The highest BCUT2D eigenvalue weighted by molar-refractivity contribution is 4.96. The van der Waals surface area contributed by atoms with Crippen molar-refractivity contribution in [3.63, 3.8) is 0 Å². The molecular formula is C16H37N3. The predicted molar refractivity (Wildman–Crippen MR) is 86.5 cm³/mol. The molecule has 3 nitrogen and oxygen atoms in total. The van der Waals surface area contributed by atoms with Crippen molar-refractivity contribution in [2.45, 2.75) is 85.5 Å². The summed E-state index contributed by atoms with van der Waals surface area (Å²) in [7, 11) is 0. The van der Waals surface area contributed by atoms with E-state index in [1.54, 1.807) is 0 Å². The summed E-state index contributed by atoms with van der Waals surface area (Å²) in [5, 5.41) is 3.56. The van der Waals surface area contributed by atoms with Gasteiger partial charge in [-0.1, -0.05) is 20.8 Å². The van der Waals surface area contributed by atoms with E-state index < -0.39 is 0 Å². The Labute approximate surface area is 121 Å². The van der Waals surface area contributed by atoms with Crippen LogP contribution in [0.1, 0.15) is 62.3 Å². The van der Waals surface area contributed by atoms with Gasteiger partial charge in [0.2, 0.25) is 0 Å². The van der Waals surface area contributed by atoms with Crippen LogP contribution in [0.2, 0.25) is 0 Å². The Kier molecular flexibility index (Phi) is 7.01. The van der Waals surface area contributed by atoms with Crippen molar-refractivity contribution >= 4 is 0 Å². The van der Waals surface area contributed by atoms with E-state index in [0.29, 0.717) is 18.0 Å². The molecule has 0 amide bonds. The Bertz CT molecular complexity index is 255. The van der Waals surface area contributed by atoms with Crippen molar-refractivity contribution in [2.75, 3.05) is 13.1 Å². The van der Waals surface area contributed by atoms with Crippen LogP contribution in [-0.4, -0.2) is 41.2 Å². The molecule has 0 spiro atoms. The van der Waals surface area contributed by atoms with Gasteiger partial charge in [0, 0.05) is 23.2 Å². The van der Waals surface area contributed by atoms with Crippen LogP contribution in [0.3, 0.4) is 0 Å². The topological polar surface area (TPSA) is 41.3 Å². The van der Waals surface area contributed by atoms with Crippen LogP contribution >= 0.6 is 0 Å². The van der Waals surface area contributed by atoms with Crippen LogP contribution in [0.4, 0.5) is 0 Å². The first-order valence-corrected chi connectivity index (χ1v) is 7.79. The molecule has 3 atom stereocenters. The lowest BCUT2D eigenvalue weighted by atomic mass is 9.81. The third-order valence-corrected chi connectivity index (χ3v) is 5.04. The number of likely N-dealkylation sites (N-methyl/N-ethyl adjacent to an activating group) is 2. The van der Waals surface area contributed by atoms with Crippen molar-refractivity contribution in [2.24, 2.45) is 11.7 Å². The molecule has 3 N–H and O–H groups in total. The largest absolute Gasteiger partial charge is 0.325 e. The van der Waals surface area contributed by atoms with Gasteiger partial charge in [-0.05, 0) is 60.5 Å². The number of nitrogens with one attached hydrogen (secondary N) is 1. The Morgan fingerprint density at radius 2 is 1.53 bits per heavy atom. The zero-order chi connectivity index (χ0) is 15.4. The molecule has 3 heteroatoms. The monoisotopic (exact) mass is 271 g/mol. The Morgan fingerprint density at radius 3 is 1.84 bits per heavy atom. The second-order valence-electron chi connectivity index (χ2n) is 7.07. The summed E-state index contributed by atoms with van der Waals surface area (Å²) >= 11 is 0. The second kappa shape index (κ2) is 7.05. The van der Waals surface area contributed by atoms with Gasteiger partial charge in [0.25, 0.3) is 0 Å². The Balaban J connectivity index is 5.09. The van der Waals surface area contributed by atoms with Crippen molar-refractivity contribution in [3.8, 4) is 0 Å². The summed E-state index contributed by atoms with van der Waals surface area (Å²) in [5.74, 6) is 0.445. The van der Waals surface area contributed by atoms with Gasteiger partial charge in [0.1, 0.15) is 0 Å². The van der Waals surface area contributed by atoms with Crippen LogP contribution in [0.25, 0.3) is 0 Å². The highest BCUT2D eigenvalue weighted by atomic mass is 15.2. The molecule has 0 aromatic rings. The van der Waals surface area contributed by atoms with Gasteiger partial charge in [-0.3, -0.25) is 4.90 Å². The highest BCUT2D eigenvalue weighted by Gasteiger charge is 2.38. The summed E-state index contributed by atoms with van der Waals surface area (Å²) in [6, 6.07) is 0.911. The standard InChI is InChI=1S/C16H37N3/c1-10-18-14(5)16(8,9)19(11-2)13(4)12(3)15(6,7)17/h12-14,18H,10-11,17H2,1-9H3. The van der Waals surface area contributed by atoms with E-state index >= 15 is 0 Å². The lowest BCUT2D eigenvalue weighted by Gasteiger charge is -2.49. The summed E-state index contributed by atoms with van der Waals surface area (Å²) in [4.78, 5) is 2.58. The number of nitrogens with two attached hydrogens (primary N) is 1. The summed E-state index contributed by atoms with van der Waals surface area (Å²) in [6.45, 7) is 22.2. The molecule has 0 aromatic heterocycles. The minimum atomic E-state index is -0.148. The van der Waals surface area contributed by atoms with Gasteiger partial charge in [-0.25, -0.2) is 0 Å². The minimum absolute atomic E-state index is 0.115. The van der Waals surface area contributed by atoms with Crippen LogP contribution in [0.5, 0.6) is 0 Å². The molecule has 116 valence electrons. The van der Waals surface area contributed by atoms with Crippen LogP contribution in [0.15, 0.2) is 0 Å². The van der Waals surface area contributed by atoms with Gasteiger partial charge in [-0.15, -0.1) is 0 Å². The first-order valence-electron chi connectivity index (χ1n) is 7.79. The molecule has 0 aromatic carbocycles. The maximum atomic E-state index is 6.31. The van der Waals surface area contributed by atoms with E-state index in [9.17, 15) is 0 Å². The van der Waals surface area contributed by atoms with Crippen molar-refractivity contribution < 1.29 is 0 Å². The SMILES string of the molecule is CCNC(C)C(C)(C)N(CC)C(C)C(C)C(C)(C)N. The lowest BCUT2D eigenvalue weighted by molar-refractivity contribution is 0.0192. The molecule has 0 aliphatic carbocycles. The zero-order valence-electron chi connectivity index (χ0n) is 14.7. The van der Waals surface area contributed by atoms with E-state index in [0.717, 1.165) is 13.1 Å². The average Bonchev–Trinajstić information content (AvgIpc) is 2.27. The fourth-order valence-electron chi connectivity index (χ4n) is 2.92. The lowest BCUT2D eigenvalue weighted by Crippen LogP contribution is -2.62. The molecule has 0 rings (SSSR count). The quantitative estimate of drug-likeness (QED) is 0.713. The van der Waals surface area contributed by atoms with E-state index in [1.807, 2.05) is 0 Å². The summed E-state index contributed by atoms with van der Waals surface area (Å²) in [5.41, 5.74) is 6.27. The van der Waals surface area contributed by atoms with E-state index in [2.05, 4.69) is 72.5 Å². The Hall–Kier alpha value is -0.120. The molecule has 19 heavy (non-hydrogen) atoms. The van der Waals surface area contributed by atoms with E-state index in [4.69, 9.17) is 5.73 Å². The number of rotatable bonds is 8. The van der Waals surface area contributed by atoms with E-state index in [1.165, 1.54) is 0 Å². The Morgan fingerprint density at radius 1 is 1.05 bits per heavy atom. The number of hydrogen-bond acceptors (Lipinski definition) is 3. The molecule has 0 bridgehead atoms. The fraction of sp³-hybridized carbons (Fsp3) is 1.00. The van der Waals surface area contributed by atoms with Crippen LogP contribution in [-0.2, 0) is 0 Å². The molecule has 0 saturated heterocycles. The molecule has 0 radical (unpaired) electrons. The van der Waals surface area contributed by atoms with Crippen LogP contribution in [0, 0.1) is 5.92 Å². The fourth-order valence-corrected chi connectivity index (χ4v) is 2.92. The van der Waals surface area contributed by atoms with Crippen molar-refractivity contribution in [3.05, 3.63) is 0 Å². The number of hydrogen-bond donors (Lipinski definition) is 2. The van der Waals surface area contributed by atoms with Gasteiger partial charge in [-0.2, -0.15) is 0 Å². The molecule has 0 saturated carbocycles. The second-order valence-corrected chi connectivity index (χ2v) is 7.07. The summed E-state index contributed by atoms with van der Waals surface area (Å²) in [6.07, 6.45) is 0. The number of nitrogens with zero attached hydrogens (tertiary/aromatic N) is 1. The first-order chi connectivity index (χ1) is 8.50. The highest BCUT2D eigenvalue weighted by Crippen LogP contribution is 2.28. The molecule has 0 heterocycles. The third kappa shape index (κ3) is 4.73. The van der Waals surface area contributed by atoms with Crippen molar-refractivity contribution in [1.29, 1.82) is 0 Å². The molecule has 0 aliphatic rings. The maximum absolute atomic E-state index is 6.31. The van der Waals surface area contributed by atoms with Gasteiger partial charge in [0.05, 0.1) is 0 Å². The van der Waals surface area contributed by atoms with Gasteiger partial charge >= 0.3 is 0 Å². The predicted octanol–water partition coefficient (Wildman–Crippen LogP) is 2.85. The smallest absolute Gasteiger partial charge is 0.0306 e. The molecule has 0 aliphatic heterocycles. The van der Waals surface area contributed by atoms with Crippen LogP contribution < -0.4 is 11.1 Å². The minimum Gasteiger partial charge on any atom is -0.325 e. The molecule has 0 fully saturated rings. The maximum Gasteiger partial charge on any atom is 0.0306 e. The first kappa shape index (κ1) is 18.9. The molecular weight excluding hydrogens is 234 g/mol.